The Kier molecular flexibility index (Phi) is 7.14. The summed E-state index contributed by atoms with van der Waals surface area (Å²) in [6, 6.07) is 10.0. The van der Waals surface area contributed by atoms with E-state index < -0.39 is 6.04 Å². The van der Waals surface area contributed by atoms with Crippen molar-refractivity contribution in [3.05, 3.63) is 59.9 Å². The van der Waals surface area contributed by atoms with Crippen molar-refractivity contribution in [2.45, 2.75) is 26.3 Å². The van der Waals surface area contributed by atoms with Crippen LogP contribution in [0.25, 0.3) is 0 Å². The largest absolute Gasteiger partial charge is 0.497 e. The number of aromatic nitrogens is 1. The molecule has 0 saturated carbocycles. The van der Waals surface area contributed by atoms with E-state index in [0.29, 0.717) is 24.3 Å². The highest BCUT2D eigenvalue weighted by Crippen LogP contribution is 2.12. The lowest BCUT2D eigenvalue weighted by Crippen LogP contribution is -2.50. The van der Waals surface area contributed by atoms with Gasteiger partial charge in [-0.15, -0.1) is 0 Å². The van der Waals surface area contributed by atoms with E-state index >= 15 is 0 Å². The molecule has 2 amide bonds. The highest BCUT2D eigenvalue weighted by atomic mass is 16.5. The normalized spacial score (nSPS) is 11.7. The first-order valence-electron chi connectivity index (χ1n) is 8.62. The number of hydrogen-bond acceptors (Lipinski definition) is 4. The van der Waals surface area contributed by atoms with Gasteiger partial charge in [-0.1, -0.05) is 19.9 Å². The molecule has 138 valence electrons. The van der Waals surface area contributed by atoms with Crippen molar-refractivity contribution >= 4 is 11.8 Å². The topological polar surface area (TPSA) is 80.3 Å². The molecule has 2 N–H and O–H groups in total. The van der Waals surface area contributed by atoms with Gasteiger partial charge in [0.05, 0.1) is 7.11 Å². The van der Waals surface area contributed by atoms with Gasteiger partial charge in [0, 0.05) is 24.5 Å². The monoisotopic (exact) mass is 355 g/mol. The van der Waals surface area contributed by atoms with Gasteiger partial charge < -0.3 is 15.4 Å². The lowest BCUT2D eigenvalue weighted by molar-refractivity contribution is -0.123. The van der Waals surface area contributed by atoms with Gasteiger partial charge in [0.15, 0.2) is 0 Å². The van der Waals surface area contributed by atoms with Crippen LogP contribution in [0.1, 0.15) is 29.8 Å². The minimum absolute atomic E-state index is 0.0319. The molecule has 2 rings (SSSR count). The van der Waals surface area contributed by atoms with Crippen LogP contribution >= 0.6 is 0 Å². The first kappa shape index (κ1) is 19.4. The number of methoxy groups -OCH3 is 1. The van der Waals surface area contributed by atoms with Gasteiger partial charge in [-0.25, -0.2) is 0 Å². The molecule has 0 aliphatic carbocycles. The summed E-state index contributed by atoms with van der Waals surface area (Å²) in [5.74, 6) is 0.171. The summed E-state index contributed by atoms with van der Waals surface area (Å²) < 4.78 is 5.09. The summed E-state index contributed by atoms with van der Waals surface area (Å²) in [7, 11) is 1.57. The molecule has 1 atom stereocenters. The van der Waals surface area contributed by atoms with Crippen LogP contribution in [0.4, 0.5) is 0 Å². The molecule has 0 aliphatic rings. The van der Waals surface area contributed by atoms with Gasteiger partial charge in [-0.3, -0.25) is 14.6 Å². The Labute approximate surface area is 154 Å². The summed E-state index contributed by atoms with van der Waals surface area (Å²) in [6.07, 6.45) is 4.18. The van der Waals surface area contributed by atoms with Crippen molar-refractivity contribution in [2.75, 3.05) is 13.7 Å². The minimum atomic E-state index is -0.599. The lowest BCUT2D eigenvalue weighted by atomic mass is 10.0. The Morgan fingerprint density at radius 1 is 1.15 bits per heavy atom. The predicted octanol–water partition coefficient (Wildman–Crippen LogP) is 2.20. The van der Waals surface area contributed by atoms with Gasteiger partial charge in [0.2, 0.25) is 5.91 Å². The van der Waals surface area contributed by atoms with Crippen LogP contribution in [0.2, 0.25) is 0 Å². The minimum Gasteiger partial charge on any atom is -0.497 e. The van der Waals surface area contributed by atoms with Crippen LogP contribution < -0.4 is 15.4 Å². The molecule has 0 spiro atoms. The van der Waals surface area contributed by atoms with Crippen molar-refractivity contribution < 1.29 is 14.3 Å². The smallest absolute Gasteiger partial charge is 0.251 e. The van der Waals surface area contributed by atoms with E-state index in [2.05, 4.69) is 15.6 Å². The van der Waals surface area contributed by atoms with Crippen molar-refractivity contribution in [2.24, 2.45) is 5.92 Å². The average Bonchev–Trinajstić information content (AvgIpc) is 2.66. The maximum atomic E-state index is 12.5. The van der Waals surface area contributed by atoms with E-state index in [1.54, 1.807) is 43.8 Å². The van der Waals surface area contributed by atoms with Gasteiger partial charge in [0.1, 0.15) is 11.8 Å². The molecule has 1 aromatic carbocycles. The Morgan fingerprint density at radius 2 is 1.88 bits per heavy atom. The highest BCUT2D eigenvalue weighted by molar-refractivity contribution is 5.97. The number of pyridine rings is 1. The predicted molar refractivity (Wildman–Crippen MR) is 100 cm³/mol. The molecule has 6 nitrogen and oxygen atoms in total. The maximum Gasteiger partial charge on any atom is 0.251 e. The Bertz CT molecular complexity index is 715. The highest BCUT2D eigenvalue weighted by Gasteiger charge is 2.24. The van der Waals surface area contributed by atoms with E-state index in [0.717, 1.165) is 5.56 Å². The Balaban J connectivity index is 1.91. The number of hydrogen-bond donors (Lipinski definition) is 2. The molecule has 0 bridgehead atoms. The van der Waals surface area contributed by atoms with Crippen molar-refractivity contribution in [3.63, 3.8) is 0 Å². The van der Waals surface area contributed by atoms with Gasteiger partial charge in [0.25, 0.3) is 5.91 Å². The second-order valence-electron chi connectivity index (χ2n) is 6.33. The van der Waals surface area contributed by atoms with E-state index in [-0.39, 0.29) is 17.7 Å². The zero-order valence-electron chi connectivity index (χ0n) is 15.4. The van der Waals surface area contributed by atoms with Crippen LogP contribution in [0.5, 0.6) is 5.75 Å². The molecular weight excluding hydrogens is 330 g/mol. The number of ether oxygens (including phenoxy) is 1. The van der Waals surface area contributed by atoms with Crippen molar-refractivity contribution in [3.8, 4) is 5.75 Å². The van der Waals surface area contributed by atoms with Gasteiger partial charge in [-0.2, -0.15) is 0 Å². The third-order valence-electron chi connectivity index (χ3n) is 4.02. The molecule has 26 heavy (non-hydrogen) atoms. The lowest BCUT2D eigenvalue weighted by Gasteiger charge is -2.22. The number of carbonyl (C=O) groups is 2. The van der Waals surface area contributed by atoms with Crippen molar-refractivity contribution in [1.29, 1.82) is 0 Å². The molecule has 0 radical (unpaired) electrons. The van der Waals surface area contributed by atoms with E-state index in [1.807, 2.05) is 26.0 Å². The second kappa shape index (κ2) is 9.56. The molecule has 1 heterocycles. The van der Waals surface area contributed by atoms with Crippen LogP contribution in [0, 0.1) is 5.92 Å². The van der Waals surface area contributed by atoms with E-state index in [9.17, 15) is 9.59 Å². The summed E-state index contributed by atoms with van der Waals surface area (Å²) in [5, 5.41) is 5.70. The van der Waals surface area contributed by atoms with Crippen molar-refractivity contribution in [1.82, 2.24) is 15.6 Å². The molecule has 0 saturated heterocycles. The Morgan fingerprint density at radius 3 is 2.46 bits per heavy atom. The molecule has 2 aromatic rings. The van der Waals surface area contributed by atoms with E-state index in [1.165, 1.54) is 0 Å². The van der Waals surface area contributed by atoms with E-state index in [4.69, 9.17) is 4.74 Å². The summed E-state index contributed by atoms with van der Waals surface area (Å²) in [4.78, 5) is 29.0. The van der Waals surface area contributed by atoms with Crippen LogP contribution in [-0.4, -0.2) is 36.5 Å². The fraction of sp³-hybridized carbons (Fsp3) is 0.350. The quantitative estimate of drug-likeness (QED) is 0.761. The standard InChI is InChI=1S/C20H25N3O3/c1-14(2)18(20(25)22-12-10-15-5-4-11-21-13-15)23-19(24)16-6-8-17(26-3)9-7-16/h4-9,11,13-14,18H,10,12H2,1-3H3,(H,22,25)(H,23,24). The maximum absolute atomic E-state index is 12.5. The third kappa shape index (κ3) is 5.58. The molecule has 0 fully saturated rings. The molecule has 6 heteroatoms. The number of carbonyl (C=O) groups excluding carboxylic acids is 2. The van der Waals surface area contributed by atoms with Crippen LogP contribution in [0.3, 0.4) is 0 Å². The molecule has 1 unspecified atom stereocenters. The number of nitrogens with one attached hydrogen (secondary N) is 2. The number of rotatable bonds is 8. The zero-order chi connectivity index (χ0) is 18.9. The zero-order valence-corrected chi connectivity index (χ0v) is 15.4. The molecular formula is C20H25N3O3. The fourth-order valence-electron chi connectivity index (χ4n) is 2.49. The molecule has 0 aliphatic heterocycles. The SMILES string of the molecule is COc1ccc(C(=O)NC(C(=O)NCCc2cccnc2)C(C)C)cc1. The Hall–Kier alpha value is -2.89. The fourth-order valence-corrected chi connectivity index (χ4v) is 2.49. The van der Waals surface area contributed by atoms with Gasteiger partial charge >= 0.3 is 0 Å². The number of benzene rings is 1. The first-order valence-corrected chi connectivity index (χ1v) is 8.62. The number of amides is 2. The summed E-state index contributed by atoms with van der Waals surface area (Å²) in [5.41, 5.74) is 1.54. The first-order chi connectivity index (χ1) is 12.5. The summed E-state index contributed by atoms with van der Waals surface area (Å²) in [6.45, 7) is 4.30. The summed E-state index contributed by atoms with van der Waals surface area (Å²) >= 11 is 0. The van der Waals surface area contributed by atoms with Crippen LogP contribution in [-0.2, 0) is 11.2 Å². The average molecular weight is 355 g/mol. The number of nitrogens with zero attached hydrogens (tertiary/aromatic N) is 1. The second-order valence-corrected chi connectivity index (χ2v) is 6.33. The third-order valence-corrected chi connectivity index (χ3v) is 4.02. The van der Waals surface area contributed by atoms with Crippen LogP contribution in [0.15, 0.2) is 48.8 Å². The van der Waals surface area contributed by atoms with Gasteiger partial charge in [-0.05, 0) is 48.2 Å². The molecule has 1 aromatic heterocycles.